The van der Waals surface area contributed by atoms with Crippen molar-refractivity contribution in [2.24, 2.45) is 11.8 Å². The Balaban J connectivity index is 2.57. The second-order valence-corrected chi connectivity index (χ2v) is 5.77. The number of likely N-dealkylation sites (tertiary alicyclic amines) is 1. The van der Waals surface area contributed by atoms with Crippen molar-refractivity contribution in [2.75, 3.05) is 26.2 Å². The van der Waals surface area contributed by atoms with Crippen LogP contribution in [0.3, 0.4) is 0 Å². The van der Waals surface area contributed by atoms with Crippen LogP contribution in [0, 0.1) is 11.8 Å². The van der Waals surface area contributed by atoms with Crippen LogP contribution in [-0.2, 0) is 4.79 Å². The Morgan fingerprint density at radius 2 is 2.17 bits per heavy atom. The molecule has 106 valence electrons. The number of hydrogen-bond donors (Lipinski definition) is 2. The Morgan fingerprint density at radius 3 is 2.72 bits per heavy atom. The maximum atomic E-state index is 12.1. The number of nitrogens with one attached hydrogen (secondary N) is 1. The number of piperidine rings is 1. The fourth-order valence-corrected chi connectivity index (χ4v) is 2.71. The lowest BCUT2D eigenvalue weighted by Crippen LogP contribution is -2.51. The highest BCUT2D eigenvalue weighted by Crippen LogP contribution is 2.21. The topological polar surface area (TPSA) is 52.6 Å². The molecule has 0 aliphatic carbocycles. The minimum atomic E-state index is 0.218. The zero-order valence-electron chi connectivity index (χ0n) is 12.0. The van der Waals surface area contributed by atoms with Crippen LogP contribution in [-0.4, -0.2) is 48.2 Å². The van der Waals surface area contributed by atoms with Crippen molar-refractivity contribution in [3.05, 3.63) is 0 Å². The molecule has 4 nitrogen and oxygen atoms in total. The molecule has 1 aliphatic rings. The number of likely N-dealkylation sites (N-methyl/N-ethyl adjacent to an activating group) is 1. The Bertz CT molecular complexity index is 242. The van der Waals surface area contributed by atoms with Gasteiger partial charge in [0.1, 0.15) is 0 Å². The van der Waals surface area contributed by atoms with E-state index < -0.39 is 0 Å². The van der Waals surface area contributed by atoms with Gasteiger partial charge in [-0.05, 0) is 31.2 Å². The summed E-state index contributed by atoms with van der Waals surface area (Å²) in [4.78, 5) is 14.1. The van der Waals surface area contributed by atoms with Crippen LogP contribution in [0.1, 0.15) is 40.0 Å². The minimum absolute atomic E-state index is 0.218. The van der Waals surface area contributed by atoms with Crippen LogP contribution in [0.2, 0.25) is 0 Å². The van der Waals surface area contributed by atoms with Gasteiger partial charge in [0.2, 0.25) is 5.91 Å². The lowest BCUT2D eigenvalue weighted by atomic mass is 9.91. The van der Waals surface area contributed by atoms with Crippen molar-refractivity contribution < 1.29 is 9.90 Å². The van der Waals surface area contributed by atoms with Gasteiger partial charge in [0.05, 0.1) is 0 Å². The summed E-state index contributed by atoms with van der Waals surface area (Å²) in [5, 5.41) is 12.5. The van der Waals surface area contributed by atoms with E-state index in [1.165, 1.54) is 0 Å². The van der Waals surface area contributed by atoms with Gasteiger partial charge in [0.15, 0.2) is 0 Å². The van der Waals surface area contributed by atoms with E-state index in [1.54, 1.807) is 0 Å². The quantitative estimate of drug-likeness (QED) is 0.752. The summed E-state index contributed by atoms with van der Waals surface area (Å²) in [5.74, 6) is 1.10. The van der Waals surface area contributed by atoms with E-state index in [0.717, 1.165) is 32.5 Å². The summed E-state index contributed by atoms with van der Waals surface area (Å²) >= 11 is 0. The van der Waals surface area contributed by atoms with Crippen LogP contribution < -0.4 is 5.32 Å². The summed E-state index contributed by atoms with van der Waals surface area (Å²) in [6.07, 6.45) is 2.50. The smallest absolute Gasteiger partial charge is 0.222 e. The molecule has 0 aromatic carbocycles. The van der Waals surface area contributed by atoms with E-state index in [9.17, 15) is 4.79 Å². The molecule has 0 bridgehead atoms. The number of rotatable bonds is 6. The van der Waals surface area contributed by atoms with Crippen LogP contribution in [0.25, 0.3) is 0 Å². The van der Waals surface area contributed by atoms with Crippen LogP contribution in [0.4, 0.5) is 0 Å². The molecular formula is C14H28N2O2. The fraction of sp³-hybridized carbons (Fsp3) is 0.929. The van der Waals surface area contributed by atoms with Gasteiger partial charge >= 0.3 is 0 Å². The maximum absolute atomic E-state index is 12.1. The van der Waals surface area contributed by atoms with Crippen molar-refractivity contribution in [1.29, 1.82) is 0 Å². The Hall–Kier alpha value is -0.610. The zero-order valence-corrected chi connectivity index (χ0v) is 12.0. The molecule has 0 radical (unpaired) electrons. The van der Waals surface area contributed by atoms with Crippen molar-refractivity contribution >= 4 is 5.91 Å². The standard InChI is InChI=1S/C14H28N2O2/c1-4-15-13-8-12(5-6-17)9-16(10-13)14(18)7-11(2)3/h11-13,15,17H,4-10H2,1-3H3. The van der Waals surface area contributed by atoms with Gasteiger partial charge in [0, 0.05) is 32.2 Å². The highest BCUT2D eigenvalue weighted by Gasteiger charge is 2.29. The molecule has 0 aromatic rings. The Kier molecular flexibility index (Phi) is 6.65. The normalized spacial score (nSPS) is 24.6. The molecule has 1 heterocycles. The first kappa shape index (κ1) is 15.4. The molecule has 1 saturated heterocycles. The third kappa shape index (κ3) is 4.94. The van der Waals surface area contributed by atoms with Crippen molar-refractivity contribution in [3.8, 4) is 0 Å². The number of amides is 1. The summed E-state index contributed by atoms with van der Waals surface area (Å²) in [7, 11) is 0. The van der Waals surface area contributed by atoms with Crippen LogP contribution in [0.15, 0.2) is 0 Å². The highest BCUT2D eigenvalue weighted by molar-refractivity contribution is 5.76. The van der Waals surface area contributed by atoms with E-state index in [1.807, 2.05) is 4.90 Å². The van der Waals surface area contributed by atoms with Gasteiger partial charge in [-0.3, -0.25) is 4.79 Å². The number of carbonyl (C=O) groups is 1. The van der Waals surface area contributed by atoms with Crippen molar-refractivity contribution in [2.45, 2.75) is 46.1 Å². The first-order valence-corrected chi connectivity index (χ1v) is 7.18. The number of aliphatic hydroxyl groups is 1. The van der Waals surface area contributed by atoms with E-state index in [4.69, 9.17) is 5.11 Å². The van der Waals surface area contributed by atoms with Gasteiger partial charge in [-0.2, -0.15) is 0 Å². The second kappa shape index (κ2) is 7.74. The predicted octanol–water partition coefficient (Wildman–Crippen LogP) is 1.24. The monoisotopic (exact) mass is 256 g/mol. The molecule has 4 heteroatoms. The Morgan fingerprint density at radius 1 is 1.44 bits per heavy atom. The molecule has 1 amide bonds. The highest BCUT2D eigenvalue weighted by atomic mass is 16.3. The molecule has 0 aromatic heterocycles. The van der Waals surface area contributed by atoms with Gasteiger partial charge in [0.25, 0.3) is 0 Å². The number of carbonyl (C=O) groups excluding carboxylic acids is 1. The van der Waals surface area contributed by atoms with Gasteiger partial charge in [-0.25, -0.2) is 0 Å². The summed E-state index contributed by atoms with van der Waals surface area (Å²) in [6.45, 7) is 9.04. The lowest BCUT2D eigenvalue weighted by Gasteiger charge is -2.38. The molecule has 0 saturated carbocycles. The number of nitrogens with zero attached hydrogens (tertiary/aromatic N) is 1. The van der Waals surface area contributed by atoms with Crippen LogP contribution >= 0.6 is 0 Å². The van der Waals surface area contributed by atoms with Gasteiger partial charge in [-0.1, -0.05) is 20.8 Å². The predicted molar refractivity (Wildman–Crippen MR) is 73.3 cm³/mol. The molecular weight excluding hydrogens is 228 g/mol. The molecule has 2 unspecified atom stereocenters. The molecule has 1 rings (SSSR count). The average molecular weight is 256 g/mol. The first-order valence-electron chi connectivity index (χ1n) is 7.18. The molecule has 1 fully saturated rings. The minimum Gasteiger partial charge on any atom is -0.396 e. The molecule has 0 spiro atoms. The molecule has 2 atom stereocenters. The second-order valence-electron chi connectivity index (χ2n) is 5.77. The number of hydrogen-bond acceptors (Lipinski definition) is 3. The summed E-state index contributed by atoms with van der Waals surface area (Å²) in [5.41, 5.74) is 0. The lowest BCUT2D eigenvalue weighted by molar-refractivity contribution is -0.134. The van der Waals surface area contributed by atoms with Crippen molar-refractivity contribution in [1.82, 2.24) is 10.2 Å². The fourth-order valence-electron chi connectivity index (χ4n) is 2.71. The molecule has 18 heavy (non-hydrogen) atoms. The van der Waals surface area contributed by atoms with Crippen LogP contribution in [0.5, 0.6) is 0 Å². The zero-order chi connectivity index (χ0) is 13.5. The van der Waals surface area contributed by atoms with Gasteiger partial charge in [-0.15, -0.1) is 0 Å². The molecule has 2 N–H and O–H groups in total. The molecule has 1 aliphatic heterocycles. The summed E-state index contributed by atoms with van der Waals surface area (Å²) < 4.78 is 0. The van der Waals surface area contributed by atoms with E-state index in [2.05, 4.69) is 26.1 Å². The maximum Gasteiger partial charge on any atom is 0.222 e. The largest absolute Gasteiger partial charge is 0.396 e. The van der Waals surface area contributed by atoms with Crippen molar-refractivity contribution in [3.63, 3.8) is 0 Å². The van der Waals surface area contributed by atoms with E-state index in [-0.39, 0.29) is 12.5 Å². The third-order valence-electron chi connectivity index (χ3n) is 3.50. The van der Waals surface area contributed by atoms with E-state index in [0.29, 0.717) is 24.3 Å². The third-order valence-corrected chi connectivity index (χ3v) is 3.50. The number of aliphatic hydroxyl groups excluding tert-OH is 1. The summed E-state index contributed by atoms with van der Waals surface area (Å²) in [6, 6.07) is 0.386. The first-order chi connectivity index (χ1) is 8.56. The SMILES string of the molecule is CCNC1CC(CCO)CN(C(=O)CC(C)C)C1. The van der Waals surface area contributed by atoms with Gasteiger partial charge < -0.3 is 15.3 Å². The average Bonchev–Trinajstić information content (AvgIpc) is 2.28. The Labute approximate surface area is 111 Å². The van der Waals surface area contributed by atoms with E-state index >= 15 is 0 Å².